The Morgan fingerprint density at radius 3 is 2.65 bits per heavy atom. The number of hydrogen-bond acceptors (Lipinski definition) is 6. The number of fused-ring (bicyclic) bond motifs is 1. The number of rotatable bonds is 8. The molecule has 0 bridgehead atoms. The molecule has 0 aliphatic carbocycles. The maximum absolute atomic E-state index is 15.0. The number of hydrogen-bond donors (Lipinski definition) is 3. The number of aryl methyl sites for hydroxylation is 1. The maximum Gasteiger partial charge on any atom is 0.258 e. The van der Waals surface area contributed by atoms with Crippen molar-refractivity contribution in [3.63, 3.8) is 0 Å². The Hall–Kier alpha value is -3.79. The molecule has 0 spiro atoms. The number of likely N-dealkylation sites (tertiary alicyclic amines) is 1. The van der Waals surface area contributed by atoms with Crippen molar-refractivity contribution in [3.8, 4) is 11.3 Å². The van der Waals surface area contributed by atoms with Gasteiger partial charge in [0, 0.05) is 31.7 Å². The van der Waals surface area contributed by atoms with Gasteiger partial charge in [0.1, 0.15) is 22.8 Å². The van der Waals surface area contributed by atoms with Crippen LogP contribution in [0.3, 0.4) is 0 Å². The highest BCUT2D eigenvalue weighted by Gasteiger charge is 2.24. The van der Waals surface area contributed by atoms with E-state index in [4.69, 9.17) is 5.73 Å². The van der Waals surface area contributed by atoms with E-state index in [1.807, 2.05) is 6.92 Å². The highest BCUT2D eigenvalue weighted by atomic mass is 19.1. The zero-order chi connectivity index (χ0) is 26.7. The van der Waals surface area contributed by atoms with E-state index in [1.165, 1.54) is 13.1 Å². The van der Waals surface area contributed by atoms with Crippen LogP contribution in [0.15, 0.2) is 35.1 Å². The van der Waals surface area contributed by atoms with E-state index in [9.17, 15) is 18.8 Å². The average molecular weight is 509 g/mol. The van der Waals surface area contributed by atoms with Crippen LogP contribution in [0.25, 0.3) is 22.3 Å². The van der Waals surface area contributed by atoms with Gasteiger partial charge >= 0.3 is 0 Å². The molecule has 1 aliphatic heterocycles. The van der Waals surface area contributed by atoms with Crippen molar-refractivity contribution in [2.24, 2.45) is 0 Å². The molecule has 1 aliphatic rings. The summed E-state index contributed by atoms with van der Waals surface area (Å²) >= 11 is 0. The van der Waals surface area contributed by atoms with Crippen LogP contribution in [0.5, 0.6) is 0 Å². The van der Waals surface area contributed by atoms with Crippen molar-refractivity contribution >= 4 is 28.7 Å². The number of carbonyl (C=O) groups excluding carboxylic acids is 2. The molecule has 4 N–H and O–H groups in total. The first-order valence-corrected chi connectivity index (χ1v) is 12.6. The Kier molecular flexibility index (Phi) is 7.87. The largest absolute Gasteiger partial charge is 0.384 e. The van der Waals surface area contributed by atoms with Crippen LogP contribution in [0.2, 0.25) is 0 Å². The number of carbonyl (C=O) groups is 2. The highest BCUT2D eigenvalue weighted by molar-refractivity contribution is 6.01. The minimum Gasteiger partial charge on any atom is -0.384 e. The summed E-state index contributed by atoms with van der Waals surface area (Å²) in [6.07, 6.45) is 2.13. The van der Waals surface area contributed by atoms with Crippen molar-refractivity contribution in [2.45, 2.75) is 45.7 Å². The number of anilines is 1. The molecule has 10 heteroatoms. The van der Waals surface area contributed by atoms with Crippen LogP contribution >= 0.6 is 0 Å². The summed E-state index contributed by atoms with van der Waals surface area (Å²) in [6, 6.07) is 8.13. The van der Waals surface area contributed by atoms with E-state index >= 15 is 0 Å². The topological polar surface area (TPSA) is 122 Å². The standard InChI is InChI=1S/C27H33FN6O3/c1-4-33-12-6-7-18(33)15-31-22(35)14-16-8-9-17(13-20(16)28)21-11-10-19-24(36)23(27(37)30-3)25(29)34(5-2)26(19)32-21/h8-11,13,18H,4-7,12,14-15,29H2,1-3H3,(H,30,37)(H,31,35). The van der Waals surface area contributed by atoms with Gasteiger partial charge in [0.2, 0.25) is 11.3 Å². The molecule has 0 saturated carbocycles. The molecule has 2 aromatic heterocycles. The zero-order valence-electron chi connectivity index (χ0n) is 21.4. The number of nitrogen functional groups attached to an aromatic ring is 1. The Labute approximate surface area is 214 Å². The number of aromatic nitrogens is 2. The number of halogens is 1. The smallest absolute Gasteiger partial charge is 0.258 e. The molecular formula is C27H33FN6O3. The average Bonchev–Trinajstić information content (AvgIpc) is 3.36. The number of pyridine rings is 2. The van der Waals surface area contributed by atoms with Crippen molar-refractivity contribution in [1.29, 1.82) is 0 Å². The minimum atomic E-state index is -0.566. The summed E-state index contributed by atoms with van der Waals surface area (Å²) in [5, 5.41) is 5.63. The van der Waals surface area contributed by atoms with E-state index in [-0.39, 0.29) is 29.1 Å². The third kappa shape index (κ3) is 5.20. The first-order valence-electron chi connectivity index (χ1n) is 12.6. The summed E-state index contributed by atoms with van der Waals surface area (Å²) in [5.74, 6) is -1.26. The monoisotopic (exact) mass is 508 g/mol. The fourth-order valence-corrected chi connectivity index (χ4v) is 5.02. The number of nitrogens with one attached hydrogen (secondary N) is 2. The summed E-state index contributed by atoms with van der Waals surface area (Å²) in [4.78, 5) is 44.6. The lowest BCUT2D eigenvalue weighted by atomic mass is 10.0. The molecule has 3 aromatic rings. The predicted octanol–water partition coefficient (Wildman–Crippen LogP) is 2.31. The van der Waals surface area contributed by atoms with Gasteiger partial charge in [-0.2, -0.15) is 0 Å². The number of amides is 2. The van der Waals surface area contributed by atoms with Crippen molar-refractivity contribution in [1.82, 2.24) is 25.1 Å². The Bertz CT molecular complexity index is 1400. The second-order valence-electron chi connectivity index (χ2n) is 9.19. The summed E-state index contributed by atoms with van der Waals surface area (Å²) < 4.78 is 16.6. The SMILES string of the molecule is CCN1CCCC1CNC(=O)Cc1ccc(-c2ccc3c(=O)c(C(=O)NC)c(N)n(CC)c3n2)cc1F. The van der Waals surface area contributed by atoms with Gasteiger partial charge in [-0.1, -0.05) is 19.1 Å². The molecular weight excluding hydrogens is 475 g/mol. The molecule has 0 radical (unpaired) electrons. The van der Waals surface area contributed by atoms with Gasteiger partial charge in [0.05, 0.1) is 17.5 Å². The maximum atomic E-state index is 15.0. The molecule has 4 rings (SSSR count). The molecule has 9 nitrogen and oxygen atoms in total. The van der Waals surface area contributed by atoms with Crippen LogP contribution in [0, 0.1) is 5.82 Å². The van der Waals surface area contributed by atoms with Crippen LogP contribution < -0.4 is 21.8 Å². The lowest BCUT2D eigenvalue weighted by Crippen LogP contribution is -2.40. The molecule has 2 amide bonds. The lowest BCUT2D eigenvalue weighted by molar-refractivity contribution is -0.120. The van der Waals surface area contributed by atoms with Gasteiger partial charge in [-0.3, -0.25) is 19.3 Å². The summed E-state index contributed by atoms with van der Waals surface area (Å²) in [6.45, 7) is 6.88. The number of nitrogens with zero attached hydrogens (tertiary/aromatic N) is 3. The fourth-order valence-electron chi connectivity index (χ4n) is 5.02. The molecule has 3 heterocycles. The summed E-state index contributed by atoms with van der Waals surface area (Å²) in [7, 11) is 1.43. The third-order valence-corrected chi connectivity index (χ3v) is 7.06. The Morgan fingerprint density at radius 2 is 1.97 bits per heavy atom. The van der Waals surface area contributed by atoms with Gasteiger partial charge in [-0.05, 0) is 56.6 Å². The number of likely N-dealkylation sites (N-methyl/N-ethyl adjacent to an activating group) is 1. The summed E-state index contributed by atoms with van der Waals surface area (Å²) in [5.41, 5.74) is 7.07. The van der Waals surface area contributed by atoms with Gasteiger partial charge < -0.3 is 20.9 Å². The normalized spacial score (nSPS) is 15.7. The Balaban J connectivity index is 1.57. The molecule has 37 heavy (non-hydrogen) atoms. The first kappa shape index (κ1) is 26.3. The van der Waals surface area contributed by atoms with Crippen LogP contribution in [-0.2, 0) is 17.8 Å². The van der Waals surface area contributed by atoms with E-state index in [0.717, 1.165) is 25.9 Å². The third-order valence-electron chi connectivity index (χ3n) is 7.06. The molecule has 1 atom stereocenters. The molecule has 196 valence electrons. The first-order chi connectivity index (χ1) is 17.8. The Morgan fingerprint density at radius 1 is 1.19 bits per heavy atom. The van der Waals surface area contributed by atoms with Gasteiger partial charge in [0.25, 0.3) is 5.91 Å². The minimum absolute atomic E-state index is 0.0243. The van der Waals surface area contributed by atoms with E-state index in [2.05, 4.69) is 27.4 Å². The predicted molar refractivity (Wildman–Crippen MR) is 142 cm³/mol. The highest BCUT2D eigenvalue weighted by Crippen LogP contribution is 2.25. The molecule has 1 aromatic carbocycles. The van der Waals surface area contributed by atoms with Crippen LogP contribution in [0.4, 0.5) is 10.2 Å². The molecule has 1 unspecified atom stereocenters. The van der Waals surface area contributed by atoms with Gasteiger partial charge in [-0.15, -0.1) is 0 Å². The fraction of sp³-hybridized carbons (Fsp3) is 0.407. The molecule has 1 fully saturated rings. The molecule has 1 saturated heterocycles. The van der Waals surface area contributed by atoms with Crippen molar-refractivity contribution in [2.75, 3.05) is 32.4 Å². The number of nitrogens with two attached hydrogens (primary N) is 1. The lowest BCUT2D eigenvalue weighted by Gasteiger charge is -2.22. The van der Waals surface area contributed by atoms with E-state index in [0.29, 0.717) is 41.6 Å². The van der Waals surface area contributed by atoms with Gasteiger partial charge in [0.15, 0.2) is 0 Å². The van der Waals surface area contributed by atoms with Gasteiger partial charge in [-0.25, -0.2) is 9.37 Å². The van der Waals surface area contributed by atoms with Crippen molar-refractivity contribution in [3.05, 3.63) is 57.5 Å². The van der Waals surface area contributed by atoms with E-state index in [1.54, 1.807) is 28.8 Å². The van der Waals surface area contributed by atoms with E-state index < -0.39 is 17.2 Å². The zero-order valence-corrected chi connectivity index (χ0v) is 21.4. The van der Waals surface area contributed by atoms with Crippen LogP contribution in [-0.4, -0.2) is 59.0 Å². The quantitative estimate of drug-likeness (QED) is 0.429. The van der Waals surface area contributed by atoms with Crippen molar-refractivity contribution < 1.29 is 14.0 Å². The second kappa shape index (κ2) is 11.1. The van der Waals surface area contributed by atoms with Crippen LogP contribution in [0.1, 0.15) is 42.6 Å². The second-order valence-corrected chi connectivity index (χ2v) is 9.19. The number of benzene rings is 1.